The number of carbonyl (C=O) groups is 3. The first-order valence-corrected chi connectivity index (χ1v) is 26.2. The van der Waals surface area contributed by atoms with Gasteiger partial charge in [-0.15, -0.1) is 0 Å². The summed E-state index contributed by atoms with van der Waals surface area (Å²) in [6.45, 7) is 23.9. The summed E-state index contributed by atoms with van der Waals surface area (Å²) < 4.78 is 52.4. The van der Waals surface area contributed by atoms with E-state index in [9.17, 15) is 15.0 Å². The molecule has 5 aliphatic rings. The van der Waals surface area contributed by atoms with E-state index in [1.807, 2.05) is 53.7 Å². The number of esters is 1. The van der Waals surface area contributed by atoms with Gasteiger partial charge >= 0.3 is 12.1 Å². The van der Waals surface area contributed by atoms with Crippen LogP contribution in [0.5, 0.6) is 0 Å². The Bertz CT molecular complexity index is 1890. The van der Waals surface area contributed by atoms with Crippen LogP contribution >= 0.6 is 11.6 Å². The first-order valence-electron chi connectivity index (χ1n) is 25.8. The van der Waals surface area contributed by atoms with Gasteiger partial charge in [0.05, 0.1) is 47.6 Å². The van der Waals surface area contributed by atoms with Gasteiger partial charge in [0, 0.05) is 68.6 Å². The van der Waals surface area contributed by atoms with Crippen molar-refractivity contribution in [2.75, 3.05) is 27.3 Å². The van der Waals surface area contributed by atoms with E-state index in [0.29, 0.717) is 23.8 Å². The number of ether oxygens (including phenoxy) is 8. The van der Waals surface area contributed by atoms with E-state index in [4.69, 9.17) is 49.5 Å². The van der Waals surface area contributed by atoms with Crippen LogP contribution in [0.2, 0.25) is 5.02 Å². The second-order valence-electron chi connectivity index (χ2n) is 22.0. The lowest BCUT2D eigenvalue weighted by Gasteiger charge is -2.50. The largest absolute Gasteiger partial charge is 0.458 e. The molecule has 0 aromatic heterocycles. The Morgan fingerprint density at radius 3 is 2.14 bits per heavy atom. The van der Waals surface area contributed by atoms with E-state index in [0.717, 1.165) is 18.5 Å². The maximum absolute atomic E-state index is 15.2. The highest BCUT2D eigenvalue weighted by molar-refractivity contribution is 6.30. The number of halogens is 1. The standard InChI is InChI=1S/C53H85ClN2O13/c1-15-30(4)56(28-37-17-18-37)39-25-31(5)64-49(43(39)58)68-47-33(7)44(67-41-27-51(10,62-13)46(59)35(9)65-41)34(8)48(60)66-40(16-2)53(12)45(32(6)42(57)29(3)26-52(47,11)63-14)55(50(61)69-53)24-23-36-19-21-38(54)22-20-36/h19-22,29-35,37,39-41,43-47,49,58-59H,15-18,23-28H2,1-14H3/t29-,30?,31-,32+,33+,34-,35+,39+,40-,41?,43-,44+,45-,46+,47-,49?,51-,52+,53-/m1/s1. The zero-order valence-electron chi connectivity index (χ0n) is 43.9. The molecule has 1 aromatic carbocycles. The number of amides is 1. The smallest absolute Gasteiger partial charge is 0.410 e. The average molecular weight is 994 g/mol. The molecular weight excluding hydrogens is 908 g/mol. The van der Waals surface area contributed by atoms with Crippen molar-refractivity contribution in [3.05, 3.63) is 34.9 Å². The third kappa shape index (κ3) is 12.0. The number of rotatable bonds is 15. The minimum atomic E-state index is -1.43. The molecule has 1 aliphatic carbocycles. The van der Waals surface area contributed by atoms with Crippen LogP contribution in [0.1, 0.15) is 134 Å². The number of hydrogen-bond acceptors (Lipinski definition) is 14. The van der Waals surface area contributed by atoms with Gasteiger partial charge in [0.25, 0.3) is 0 Å². The lowest BCUT2D eigenvalue weighted by atomic mass is 9.73. The van der Waals surface area contributed by atoms with Crippen molar-refractivity contribution in [3.63, 3.8) is 0 Å². The van der Waals surface area contributed by atoms with Gasteiger partial charge in [-0.05, 0) is 117 Å². The van der Waals surface area contributed by atoms with Gasteiger partial charge in [0.2, 0.25) is 0 Å². The highest BCUT2D eigenvalue weighted by Gasteiger charge is 2.61. The molecule has 4 saturated heterocycles. The van der Waals surface area contributed by atoms with Gasteiger partial charge in [-0.2, -0.15) is 0 Å². The summed E-state index contributed by atoms with van der Waals surface area (Å²) in [4.78, 5) is 48.4. The predicted molar refractivity (Wildman–Crippen MR) is 260 cm³/mol. The van der Waals surface area contributed by atoms with Crippen molar-refractivity contribution >= 4 is 29.4 Å². The van der Waals surface area contributed by atoms with Crippen LogP contribution in [0, 0.1) is 29.6 Å². The molecule has 69 heavy (non-hydrogen) atoms. The highest BCUT2D eigenvalue weighted by atomic mass is 35.5. The van der Waals surface area contributed by atoms with Crippen LogP contribution in [0.25, 0.3) is 0 Å². The molecule has 1 aromatic rings. The van der Waals surface area contributed by atoms with Crippen molar-refractivity contribution in [1.29, 1.82) is 0 Å². The lowest BCUT2D eigenvalue weighted by Crippen LogP contribution is -2.62. The van der Waals surface area contributed by atoms with Gasteiger partial charge in [0.15, 0.2) is 18.2 Å². The predicted octanol–water partition coefficient (Wildman–Crippen LogP) is 7.75. The number of ketones is 1. The average Bonchev–Trinajstić information content (AvgIpc) is 4.11. The highest BCUT2D eigenvalue weighted by Crippen LogP contribution is 2.45. The number of aliphatic hydroxyl groups is 2. The number of carbonyl (C=O) groups excluding carboxylic acids is 3. The van der Waals surface area contributed by atoms with E-state index in [1.54, 1.807) is 51.8 Å². The second kappa shape index (κ2) is 22.8. The molecule has 19 atom stereocenters. The second-order valence-corrected chi connectivity index (χ2v) is 22.4. The number of Topliss-reactive ketones (excluding diaryl/α,β-unsaturated/α-hetero) is 1. The minimum absolute atomic E-state index is 0.131. The molecule has 0 spiro atoms. The van der Waals surface area contributed by atoms with Gasteiger partial charge in [-0.25, -0.2) is 4.79 Å². The molecule has 4 heterocycles. The summed E-state index contributed by atoms with van der Waals surface area (Å²) in [5.74, 6) is -3.32. The molecule has 4 aliphatic heterocycles. The Morgan fingerprint density at radius 2 is 1.55 bits per heavy atom. The molecule has 2 N–H and O–H groups in total. The molecule has 3 unspecified atom stereocenters. The van der Waals surface area contributed by atoms with Crippen LogP contribution in [-0.2, 0) is 53.9 Å². The van der Waals surface area contributed by atoms with Crippen molar-refractivity contribution in [2.24, 2.45) is 29.6 Å². The fraction of sp³-hybridized carbons (Fsp3) is 0.830. The van der Waals surface area contributed by atoms with Gasteiger partial charge < -0.3 is 48.1 Å². The molecule has 392 valence electrons. The first kappa shape index (κ1) is 55.9. The van der Waals surface area contributed by atoms with Crippen LogP contribution in [-0.4, -0.2) is 155 Å². The van der Waals surface area contributed by atoms with Crippen LogP contribution in [0.4, 0.5) is 4.79 Å². The SMILES string of the molecule is CCC(C)N(CC1CC1)[C@H]1C[C@@H](C)OC(O[C@@H]2[C@@H](C)[C@H](OC3C[C@@](C)(OC)[C@@H](O)[C@H](C)O3)[C@@H](C)C(=O)O[C@H](CC)[C@@]3(C)OC(=O)N(CCc4ccc(Cl)cc4)[C@@H]3[C@@H](C)C(=O)[C@H](C)C[C@]2(C)OC)[C@@H]1O. The quantitative estimate of drug-likeness (QED) is 0.163. The van der Waals surface area contributed by atoms with Crippen molar-refractivity contribution in [2.45, 2.75) is 225 Å². The number of cyclic esters (lactones) is 1. The van der Waals surface area contributed by atoms with Gasteiger partial charge in [-0.1, -0.05) is 58.4 Å². The number of fused-ring (bicyclic) bond motifs is 1. The number of aliphatic hydroxyl groups excluding tert-OH is 2. The van der Waals surface area contributed by atoms with Gasteiger partial charge in [-0.3, -0.25) is 19.4 Å². The zero-order chi connectivity index (χ0) is 50.9. The summed E-state index contributed by atoms with van der Waals surface area (Å²) in [6.07, 6.45) is -3.71. The maximum Gasteiger partial charge on any atom is 0.410 e. The zero-order valence-corrected chi connectivity index (χ0v) is 44.6. The summed E-state index contributed by atoms with van der Waals surface area (Å²) in [6, 6.07) is 6.53. The number of benzene rings is 1. The molecule has 1 saturated carbocycles. The Morgan fingerprint density at radius 1 is 0.899 bits per heavy atom. The summed E-state index contributed by atoms with van der Waals surface area (Å²) in [7, 11) is 3.11. The first-order chi connectivity index (χ1) is 32.4. The monoisotopic (exact) mass is 993 g/mol. The van der Waals surface area contributed by atoms with E-state index in [1.165, 1.54) is 20.0 Å². The Balaban J connectivity index is 1.44. The van der Waals surface area contributed by atoms with Crippen LogP contribution < -0.4 is 0 Å². The number of hydrogen-bond donors (Lipinski definition) is 2. The lowest BCUT2D eigenvalue weighted by molar-refractivity contribution is -0.320. The minimum Gasteiger partial charge on any atom is -0.458 e. The molecule has 6 rings (SSSR count). The molecule has 1 amide bonds. The van der Waals surface area contributed by atoms with E-state index < -0.39 is 108 Å². The molecular formula is C53H85ClN2O13. The Labute approximate surface area is 416 Å². The van der Waals surface area contributed by atoms with Crippen molar-refractivity contribution in [1.82, 2.24) is 9.80 Å². The molecule has 5 fully saturated rings. The fourth-order valence-electron chi connectivity index (χ4n) is 12.1. The van der Waals surface area contributed by atoms with Crippen LogP contribution in [0.3, 0.4) is 0 Å². The van der Waals surface area contributed by atoms with E-state index >= 15 is 9.59 Å². The molecule has 16 heteroatoms. The van der Waals surface area contributed by atoms with E-state index in [2.05, 4.69) is 18.7 Å². The maximum atomic E-state index is 15.2. The Kier molecular flexibility index (Phi) is 18.4. The van der Waals surface area contributed by atoms with Crippen molar-refractivity contribution < 1.29 is 62.5 Å². The summed E-state index contributed by atoms with van der Waals surface area (Å²) >= 11 is 6.20. The molecule has 15 nitrogen and oxygen atoms in total. The number of nitrogens with zero attached hydrogens (tertiary/aromatic N) is 2. The molecule has 0 bridgehead atoms. The fourth-order valence-corrected chi connectivity index (χ4v) is 12.2. The van der Waals surface area contributed by atoms with Gasteiger partial charge in [0.1, 0.15) is 24.1 Å². The van der Waals surface area contributed by atoms with Crippen LogP contribution in [0.15, 0.2) is 24.3 Å². The van der Waals surface area contributed by atoms with Crippen molar-refractivity contribution in [3.8, 4) is 0 Å². The summed E-state index contributed by atoms with van der Waals surface area (Å²) in [5.41, 5.74) is -2.79. The third-order valence-corrected chi connectivity index (χ3v) is 17.0. The normalized spacial score (nSPS) is 42.1. The topological polar surface area (TPSA) is 172 Å². The number of methoxy groups -OCH3 is 2. The Hall–Kier alpha value is -2.44. The van der Waals surface area contributed by atoms with E-state index in [-0.39, 0.29) is 49.8 Å². The summed E-state index contributed by atoms with van der Waals surface area (Å²) in [5, 5.41) is 24.2. The third-order valence-electron chi connectivity index (χ3n) is 16.8. The molecule has 0 radical (unpaired) electrons.